The molecule has 0 bridgehead atoms. The molecule has 0 aromatic rings. The van der Waals surface area contributed by atoms with Gasteiger partial charge in [-0.05, 0) is 24.7 Å². The van der Waals surface area contributed by atoms with E-state index in [0.717, 1.165) is 12.8 Å². The monoisotopic (exact) mass is 343 g/mol. The summed E-state index contributed by atoms with van der Waals surface area (Å²) in [6.07, 6.45) is 20.1. The van der Waals surface area contributed by atoms with E-state index in [1.165, 1.54) is 77.0 Å². The predicted octanol–water partition coefficient (Wildman–Crippen LogP) is 4.88. The lowest BCUT2D eigenvalue weighted by atomic mass is 9.86. The molecule has 0 spiro atoms. The van der Waals surface area contributed by atoms with Crippen LogP contribution in [0.3, 0.4) is 0 Å². The molecule has 0 aliphatic heterocycles. The lowest BCUT2D eigenvalue weighted by Gasteiger charge is -2.22. The molecule has 0 fully saturated rings. The van der Waals surface area contributed by atoms with Crippen LogP contribution < -0.4 is 0 Å². The fourth-order valence-corrected chi connectivity index (χ4v) is 3.42. The summed E-state index contributed by atoms with van der Waals surface area (Å²) >= 11 is 0. The second-order valence-corrected chi connectivity index (χ2v) is 7.24. The minimum absolute atomic E-state index is 0.0181. The highest BCUT2D eigenvalue weighted by Crippen LogP contribution is 2.21. The molecule has 0 aliphatic carbocycles. The number of hydrogen-bond acceptors (Lipinski definition) is 3. The molecule has 0 rings (SSSR count). The summed E-state index contributed by atoms with van der Waals surface area (Å²) in [6.45, 7) is 2.35. The zero-order chi connectivity index (χ0) is 17.9. The third kappa shape index (κ3) is 14.2. The smallest absolute Gasteiger partial charge is 0.0466 e. The van der Waals surface area contributed by atoms with Gasteiger partial charge in [0, 0.05) is 19.8 Å². The van der Waals surface area contributed by atoms with E-state index in [2.05, 4.69) is 6.92 Å². The topological polar surface area (TPSA) is 60.7 Å². The van der Waals surface area contributed by atoms with Gasteiger partial charge in [0.15, 0.2) is 0 Å². The van der Waals surface area contributed by atoms with Gasteiger partial charge in [0.1, 0.15) is 0 Å². The summed E-state index contributed by atoms with van der Waals surface area (Å²) < 4.78 is 0. The van der Waals surface area contributed by atoms with E-state index in [-0.39, 0.29) is 31.7 Å². The van der Waals surface area contributed by atoms with Gasteiger partial charge in [-0.25, -0.2) is 0 Å². The third-order valence-electron chi connectivity index (χ3n) is 5.14. The van der Waals surface area contributed by atoms with Gasteiger partial charge in [0.2, 0.25) is 0 Å². The van der Waals surface area contributed by atoms with E-state index < -0.39 is 0 Å². The van der Waals surface area contributed by atoms with Crippen LogP contribution in [-0.2, 0) is 0 Å². The molecule has 0 saturated carbocycles. The van der Waals surface area contributed by atoms with Crippen molar-refractivity contribution >= 4 is 0 Å². The van der Waals surface area contributed by atoms with Crippen molar-refractivity contribution < 1.29 is 15.3 Å². The molecule has 0 amide bonds. The van der Waals surface area contributed by atoms with Crippen LogP contribution in [-0.4, -0.2) is 35.1 Å². The largest absolute Gasteiger partial charge is 0.396 e. The highest BCUT2D eigenvalue weighted by atomic mass is 16.3. The Hall–Kier alpha value is -0.120. The van der Waals surface area contributed by atoms with Crippen molar-refractivity contribution in [3.8, 4) is 0 Å². The summed E-state index contributed by atoms with van der Waals surface area (Å²) in [7, 11) is 0. The van der Waals surface area contributed by atoms with Crippen LogP contribution >= 0.6 is 0 Å². The number of aliphatic hydroxyl groups is 3. The molecule has 24 heavy (non-hydrogen) atoms. The van der Waals surface area contributed by atoms with E-state index in [9.17, 15) is 10.2 Å². The number of hydrogen-bond donors (Lipinski definition) is 3. The zero-order valence-corrected chi connectivity index (χ0v) is 16.1. The van der Waals surface area contributed by atoms with Crippen LogP contribution in [0.4, 0.5) is 0 Å². The average molecular weight is 344 g/mol. The molecule has 2 atom stereocenters. The molecule has 1 radical (unpaired) electrons. The summed E-state index contributed by atoms with van der Waals surface area (Å²) in [5.74, 6) is 0.0205. The lowest BCUT2D eigenvalue weighted by Crippen LogP contribution is -2.23. The summed E-state index contributed by atoms with van der Waals surface area (Å²) in [5.41, 5.74) is 0. The fourth-order valence-electron chi connectivity index (χ4n) is 3.42. The number of unbranched alkanes of at least 4 members (excludes halogenated alkanes) is 12. The molecule has 3 N–H and O–H groups in total. The number of aliphatic hydroxyl groups excluding tert-OH is 3. The highest BCUT2D eigenvalue weighted by molar-refractivity contribution is 4.81. The predicted molar refractivity (Wildman–Crippen MR) is 103 cm³/mol. The van der Waals surface area contributed by atoms with Crippen molar-refractivity contribution in [3.05, 3.63) is 6.42 Å². The Morgan fingerprint density at radius 1 is 0.625 bits per heavy atom. The molecule has 0 aliphatic rings. The molecule has 0 saturated heterocycles. The third-order valence-corrected chi connectivity index (χ3v) is 5.14. The first-order chi connectivity index (χ1) is 11.8. The molecule has 3 heteroatoms. The van der Waals surface area contributed by atoms with Gasteiger partial charge in [-0.3, -0.25) is 0 Å². The first-order valence-electron chi connectivity index (χ1n) is 10.5. The second kappa shape index (κ2) is 19.2. The average Bonchev–Trinajstić information content (AvgIpc) is 2.60. The van der Waals surface area contributed by atoms with Crippen molar-refractivity contribution in [2.75, 3.05) is 19.8 Å². The zero-order valence-electron chi connectivity index (χ0n) is 16.1. The first kappa shape index (κ1) is 23.9. The Balaban J connectivity index is 3.37. The lowest BCUT2D eigenvalue weighted by molar-refractivity contribution is 0.120. The van der Waals surface area contributed by atoms with E-state index in [4.69, 9.17) is 5.11 Å². The van der Waals surface area contributed by atoms with E-state index in [0.29, 0.717) is 0 Å². The van der Waals surface area contributed by atoms with Crippen LogP contribution in [0.2, 0.25) is 0 Å². The van der Waals surface area contributed by atoms with Gasteiger partial charge in [0.05, 0.1) is 0 Å². The maximum Gasteiger partial charge on any atom is 0.0466 e. The van der Waals surface area contributed by atoms with Crippen LogP contribution in [0.25, 0.3) is 0 Å². The minimum Gasteiger partial charge on any atom is -0.396 e. The van der Waals surface area contributed by atoms with Gasteiger partial charge in [0.25, 0.3) is 0 Å². The normalized spacial score (nSPS) is 14.0. The molecular weight excluding hydrogens is 300 g/mol. The first-order valence-corrected chi connectivity index (χ1v) is 10.5. The quantitative estimate of drug-likeness (QED) is 0.293. The van der Waals surface area contributed by atoms with Crippen LogP contribution in [0.5, 0.6) is 0 Å². The molecule has 0 heterocycles. The molecule has 0 aromatic heterocycles. The van der Waals surface area contributed by atoms with Crippen molar-refractivity contribution in [2.45, 2.75) is 96.8 Å². The molecular formula is C21H43O3. The van der Waals surface area contributed by atoms with Crippen molar-refractivity contribution in [2.24, 2.45) is 11.8 Å². The standard InChI is InChI=1S/C21H43O3/c1-2-3-4-5-6-7-8-9-10-11-12-13-14-15-20(18-23)21(19-24)16-17-22/h16,20-24H,2-15,17-19H2,1H3. The van der Waals surface area contributed by atoms with Gasteiger partial charge >= 0.3 is 0 Å². The highest BCUT2D eigenvalue weighted by Gasteiger charge is 2.19. The maximum atomic E-state index is 9.43. The van der Waals surface area contributed by atoms with Gasteiger partial charge in [-0.2, -0.15) is 0 Å². The molecule has 0 aromatic carbocycles. The van der Waals surface area contributed by atoms with E-state index >= 15 is 0 Å². The Bertz CT molecular complexity index is 233. The second-order valence-electron chi connectivity index (χ2n) is 7.24. The van der Waals surface area contributed by atoms with Crippen LogP contribution in [0.1, 0.15) is 96.8 Å². The molecule has 3 nitrogen and oxygen atoms in total. The Morgan fingerprint density at radius 2 is 1.08 bits per heavy atom. The van der Waals surface area contributed by atoms with Crippen molar-refractivity contribution in [3.63, 3.8) is 0 Å². The fraction of sp³-hybridized carbons (Fsp3) is 0.952. The van der Waals surface area contributed by atoms with Gasteiger partial charge in [-0.15, -0.1) is 0 Å². The van der Waals surface area contributed by atoms with Crippen molar-refractivity contribution in [1.29, 1.82) is 0 Å². The molecule has 145 valence electrons. The number of rotatable bonds is 19. The van der Waals surface area contributed by atoms with Gasteiger partial charge in [-0.1, -0.05) is 90.4 Å². The summed E-state index contributed by atoms with van der Waals surface area (Å²) in [4.78, 5) is 0. The van der Waals surface area contributed by atoms with E-state index in [1.807, 2.05) is 0 Å². The summed E-state index contributed by atoms with van der Waals surface area (Å²) in [6, 6.07) is 0. The molecule has 2 unspecified atom stereocenters. The minimum atomic E-state index is -0.0719. The Morgan fingerprint density at radius 3 is 1.46 bits per heavy atom. The Kier molecular flexibility index (Phi) is 19.1. The van der Waals surface area contributed by atoms with Crippen molar-refractivity contribution in [1.82, 2.24) is 0 Å². The summed E-state index contributed by atoms with van der Waals surface area (Å²) in [5, 5.41) is 27.7. The maximum absolute atomic E-state index is 9.43. The Labute approximate surface area is 150 Å². The van der Waals surface area contributed by atoms with Crippen LogP contribution in [0.15, 0.2) is 0 Å². The van der Waals surface area contributed by atoms with E-state index in [1.54, 1.807) is 6.42 Å². The van der Waals surface area contributed by atoms with Gasteiger partial charge < -0.3 is 15.3 Å². The SMILES string of the molecule is CCCCCCCCCCCCCCCC(CO)C([CH]CO)CO. The van der Waals surface area contributed by atoms with Crippen LogP contribution in [0, 0.1) is 18.3 Å².